The van der Waals surface area contributed by atoms with Gasteiger partial charge >= 0.3 is 0 Å². The predicted molar refractivity (Wildman–Crippen MR) is 76.2 cm³/mol. The molecule has 2 atom stereocenters. The minimum absolute atomic E-state index is 0.195. The highest BCUT2D eigenvalue weighted by Crippen LogP contribution is 2.19. The average molecular weight is 263 g/mol. The normalized spacial score (nSPS) is 14.3. The van der Waals surface area contributed by atoms with E-state index in [0.29, 0.717) is 0 Å². The monoisotopic (exact) mass is 263 g/mol. The molecule has 96 valence electrons. The summed E-state index contributed by atoms with van der Waals surface area (Å²) in [6.07, 6.45) is 4.35. The zero-order valence-electron chi connectivity index (χ0n) is 10.6. The van der Waals surface area contributed by atoms with Crippen LogP contribution in [0.2, 0.25) is 0 Å². The molecule has 0 amide bonds. The summed E-state index contributed by atoms with van der Waals surface area (Å²) in [6.45, 7) is 2.75. The first kappa shape index (κ1) is 13.0. The van der Waals surface area contributed by atoms with Crippen LogP contribution >= 0.6 is 0 Å². The zero-order chi connectivity index (χ0) is 13.0. The van der Waals surface area contributed by atoms with Gasteiger partial charge in [0.05, 0.1) is 6.20 Å². The summed E-state index contributed by atoms with van der Waals surface area (Å²) in [5.41, 5.74) is 0. The molecule has 0 fully saturated rings. The highest BCUT2D eigenvalue weighted by molar-refractivity contribution is 7.84. The molecule has 0 spiro atoms. The summed E-state index contributed by atoms with van der Waals surface area (Å²) in [4.78, 5) is 0. The largest absolute Gasteiger partial charge is 0.368 e. The van der Waals surface area contributed by atoms with E-state index in [0.717, 1.165) is 29.6 Å². The predicted octanol–water partition coefficient (Wildman–Crippen LogP) is 2.20. The fraction of sp³-hybridized carbons (Fsp3) is 0.385. The van der Waals surface area contributed by atoms with Gasteiger partial charge in [-0.15, -0.1) is 5.10 Å². The maximum Gasteiger partial charge on any atom is 0.156 e. The number of benzene rings is 1. The second-order valence-corrected chi connectivity index (χ2v) is 6.11. The summed E-state index contributed by atoms with van der Waals surface area (Å²) in [5.74, 6) is 0.794. The van der Waals surface area contributed by atoms with E-state index in [-0.39, 0.29) is 5.25 Å². The molecular weight excluding hydrogens is 246 g/mol. The Morgan fingerprint density at radius 3 is 2.94 bits per heavy atom. The number of hydrogen-bond donors (Lipinski definition) is 1. The second-order valence-electron chi connectivity index (χ2n) is 4.31. The fourth-order valence-corrected chi connectivity index (χ4v) is 2.17. The Balaban J connectivity index is 2.06. The van der Waals surface area contributed by atoms with Gasteiger partial charge in [-0.25, -0.2) is 0 Å². The van der Waals surface area contributed by atoms with Crippen LogP contribution in [0.15, 0.2) is 30.5 Å². The Bertz CT molecular complexity index is 553. The first-order valence-electron chi connectivity index (χ1n) is 5.95. The van der Waals surface area contributed by atoms with E-state index in [2.05, 4.69) is 15.5 Å². The van der Waals surface area contributed by atoms with Crippen LogP contribution in [-0.2, 0) is 10.8 Å². The Hall–Kier alpha value is -1.49. The maximum atomic E-state index is 11.3. The van der Waals surface area contributed by atoms with Crippen molar-refractivity contribution in [2.75, 3.05) is 18.1 Å². The number of nitrogens with zero attached hydrogens (tertiary/aromatic N) is 2. The molecule has 1 N–H and O–H groups in total. The van der Waals surface area contributed by atoms with Gasteiger partial charge in [-0.3, -0.25) is 4.21 Å². The lowest BCUT2D eigenvalue weighted by molar-refractivity contribution is 0.672. The molecule has 0 aliphatic carbocycles. The van der Waals surface area contributed by atoms with Crippen LogP contribution < -0.4 is 5.32 Å². The summed E-state index contributed by atoms with van der Waals surface area (Å²) in [7, 11) is -0.771. The number of rotatable bonds is 5. The molecule has 0 aliphatic heterocycles. The smallest absolute Gasteiger partial charge is 0.156 e. The third-order valence-corrected chi connectivity index (χ3v) is 4.35. The molecule has 5 heteroatoms. The first-order valence-corrected chi connectivity index (χ1v) is 7.57. The molecule has 0 aliphatic rings. The van der Waals surface area contributed by atoms with Crippen LogP contribution in [0.3, 0.4) is 0 Å². The van der Waals surface area contributed by atoms with Crippen LogP contribution in [0.4, 0.5) is 5.82 Å². The van der Waals surface area contributed by atoms with E-state index in [4.69, 9.17) is 0 Å². The van der Waals surface area contributed by atoms with Crippen molar-refractivity contribution >= 4 is 27.4 Å². The highest BCUT2D eigenvalue weighted by Gasteiger charge is 2.07. The molecule has 2 rings (SSSR count). The van der Waals surface area contributed by atoms with Gasteiger partial charge in [-0.05, 0) is 6.42 Å². The second kappa shape index (κ2) is 5.91. The Kier molecular flexibility index (Phi) is 4.25. The van der Waals surface area contributed by atoms with Crippen molar-refractivity contribution in [3.05, 3.63) is 30.5 Å². The molecule has 2 aromatic rings. The van der Waals surface area contributed by atoms with E-state index in [1.54, 1.807) is 12.5 Å². The summed E-state index contributed by atoms with van der Waals surface area (Å²) < 4.78 is 11.3. The van der Waals surface area contributed by atoms with Crippen molar-refractivity contribution in [3.63, 3.8) is 0 Å². The lowest BCUT2D eigenvalue weighted by Crippen LogP contribution is -2.15. The molecule has 1 heterocycles. The Morgan fingerprint density at radius 1 is 1.39 bits per heavy atom. The maximum absolute atomic E-state index is 11.3. The van der Waals surface area contributed by atoms with E-state index in [1.807, 2.05) is 31.2 Å². The molecular formula is C13H17N3OS. The quantitative estimate of drug-likeness (QED) is 0.898. The van der Waals surface area contributed by atoms with Gasteiger partial charge in [0.1, 0.15) is 0 Å². The lowest BCUT2D eigenvalue weighted by Gasteiger charge is -2.10. The van der Waals surface area contributed by atoms with E-state index in [9.17, 15) is 4.21 Å². The van der Waals surface area contributed by atoms with Gasteiger partial charge in [-0.1, -0.05) is 31.2 Å². The molecule has 1 aromatic heterocycles. The number of anilines is 1. The number of fused-ring (bicyclic) bond motifs is 1. The van der Waals surface area contributed by atoms with Crippen LogP contribution in [0, 0.1) is 0 Å². The molecule has 1 aromatic carbocycles. The SMILES string of the molecule is CC(CCNc1nncc2ccccc12)S(C)=O. The summed E-state index contributed by atoms with van der Waals surface area (Å²) >= 11 is 0. The first-order chi connectivity index (χ1) is 8.68. The van der Waals surface area contributed by atoms with Gasteiger partial charge in [0, 0.05) is 39.6 Å². The standard InChI is InChI=1S/C13H17N3OS/c1-10(18(2)17)7-8-14-13-12-6-4-3-5-11(12)9-15-16-13/h3-6,9-10H,7-8H2,1-2H3,(H,14,16). The van der Waals surface area contributed by atoms with Gasteiger partial charge < -0.3 is 5.32 Å². The molecule has 2 unspecified atom stereocenters. The lowest BCUT2D eigenvalue weighted by atomic mass is 10.2. The highest BCUT2D eigenvalue weighted by atomic mass is 32.2. The van der Waals surface area contributed by atoms with Crippen molar-refractivity contribution in [1.82, 2.24) is 10.2 Å². The summed E-state index contributed by atoms with van der Waals surface area (Å²) in [6, 6.07) is 8.00. The van der Waals surface area contributed by atoms with E-state index >= 15 is 0 Å². The van der Waals surface area contributed by atoms with Crippen molar-refractivity contribution in [2.45, 2.75) is 18.6 Å². The van der Waals surface area contributed by atoms with Gasteiger partial charge in [-0.2, -0.15) is 5.10 Å². The minimum atomic E-state index is -0.771. The molecule has 0 radical (unpaired) electrons. The van der Waals surface area contributed by atoms with Crippen LogP contribution in [0.25, 0.3) is 10.8 Å². The van der Waals surface area contributed by atoms with Gasteiger partial charge in [0.15, 0.2) is 5.82 Å². The molecule has 0 bridgehead atoms. The molecule has 0 saturated carbocycles. The summed E-state index contributed by atoms with van der Waals surface area (Å²) in [5, 5.41) is 13.7. The zero-order valence-corrected chi connectivity index (χ0v) is 11.4. The van der Waals surface area contributed by atoms with Crippen molar-refractivity contribution in [2.24, 2.45) is 0 Å². The number of aromatic nitrogens is 2. The van der Waals surface area contributed by atoms with Gasteiger partial charge in [0.2, 0.25) is 0 Å². The Morgan fingerprint density at radius 2 is 2.17 bits per heavy atom. The Labute approximate surface area is 109 Å². The average Bonchev–Trinajstić information content (AvgIpc) is 2.38. The van der Waals surface area contributed by atoms with Crippen molar-refractivity contribution < 1.29 is 4.21 Å². The molecule has 0 saturated heterocycles. The number of nitrogens with one attached hydrogen (secondary N) is 1. The minimum Gasteiger partial charge on any atom is -0.368 e. The third kappa shape index (κ3) is 3.04. The van der Waals surface area contributed by atoms with E-state index in [1.165, 1.54) is 0 Å². The van der Waals surface area contributed by atoms with Crippen LogP contribution in [-0.4, -0.2) is 32.5 Å². The van der Waals surface area contributed by atoms with E-state index < -0.39 is 10.8 Å². The molecule has 18 heavy (non-hydrogen) atoms. The molecule has 4 nitrogen and oxygen atoms in total. The van der Waals surface area contributed by atoms with Crippen LogP contribution in [0.5, 0.6) is 0 Å². The fourth-order valence-electron chi connectivity index (χ4n) is 1.72. The van der Waals surface area contributed by atoms with Crippen molar-refractivity contribution in [1.29, 1.82) is 0 Å². The van der Waals surface area contributed by atoms with Crippen molar-refractivity contribution in [3.8, 4) is 0 Å². The van der Waals surface area contributed by atoms with Crippen LogP contribution in [0.1, 0.15) is 13.3 Å². The topological polar surface area (TPSA) is 54.9 Å². The third-order valence-electron chi connectivity index (χ3n) is 2.98. The van der Waals surface area contributed by atoms with Gasteiger partial charge in [0.25, 0.3) is 0 Å². The number of hydrogen-bond acceptors (Lipinski definition) is 4.